The molecule has 0 amide bonds. The van der Waals surface area contributed by atoms with Gasteiger partial charge in [-0.25, -0.2) is 5.01 Å². The first-order valence-electron chi connectivity index (χ1n) is 11.0. The molecule has 2 atom stereocenters. The highest BCUT2D eigenvalue weighted by molar-refractivity contribution is 6.04. The van der Waals surface area contributed by atoms with Gasteiger partial charge in [-0.2, -0.15) is 5.10 Å². The van der Waals surface area contributed by atoms with Crippen LogP contribution in [-0.2, 0) is 0 Å². The van der Waals surface area contributed by atoms with Crippen molar-refractivity contribution in [2.75, 3.05) is 0 Å². The van der Waals surface area contributed by atoms with Crippen molar-refractivity contribution in [1.82, 2.24) is 5.01 Å². The van der Waals surface area contributed by atoms with Gasteiger partial charge in [0.25, 0.3) is 0 Å². The predicted octanol–water partition coefficient (Wildman–Crippen LogP) is 6.29. The van der Waals surface area contributed by atoms with Gasteiger partial charge in [0.15, 0.2) is 6.23 Å². The molecule has 3 aromatic rings. The summed E-state index contributed by atoms with van der Waals surface area (Å²) in [7, 11) is 0. The molecule has 2 aliphatic heterocycles. The van der Waals surface area contributed by atoms with Gasteiger partial charge in [0.05, 0.1) is 11.8 Å². The van der Waals surface area contributed by atoms with Gasteiger partial charge in [-0.3, -0.25) is 0 Å². The van der Waals surface area contributed by atoms with Crippen LogP contribution in [0.1, 0.15) is 55.7 Å². The van der Waals surface area contributed by atoms with Gasteiger partial charge in [0, 0.05) is 17.9 Å². The molecule has 2 heterocycles. The van der Waals surface area contributed by atoms with Crippen molar-refractivity contribution >= 4 is 16.5 Å². The molecule has 0 spiro atoms. The Hall–Kier alpha value is -2.81. The van der Waals surface area contributed by atoms with Crippen LogP contribution in [-0.4, -0.2) is 16.9 Å². The highest BCUT2D eigenvalue weighted by Gasteiger charge is 2.43. The largest absolute Gasteiger partial charge is 0.468 e. The van der Waals surface area contributed by atoms with Gasteiger partial charge in [-0.1, -0.05) is 73.9 Å². The number of hydrogen-bond donors (Lipinski definition) is 0. The molecule has 3 aliphatic rings. The van der Waals surface area contributed by atoms with Gasteiger partial charge >= 0.3 is 0 Å². The smallest absolute Gasteiger partial charge is 0.190 e. The molecular formula is C26H26N2O. The number of para-hydroxylation sites is 1. The summed E-state index contributed by atoms with van der Waals surface area (Å²) in [6.07, 6.45) is 7.48. The van der Waals surface area contributed by atoms with Crippen molar-refractivity contribution in [2.24, 2.45) is 11.0 Å². The number of fused-ring (bicyclic) bond motifs is 4. The zero-order valence-corrected chi connectivity index (χ0v) is 16.6. The fourth-order valence-electron chi connectivity index (χ4n) is 5.34. The van der Waals surface area contributed by atoms with E-state index in [0.717, 1.165) is 12.2 Å². The fourth-order valence-corrected chi connectivity index (χ4v) is 5.34. The van der Waals surface area contributed by atoms with Gasteiger partial charge < -0.3 is 4.74 Å². The van der Waals surface area contributed by atoms with Crippen molar-refractivity contribution < 1.29 is 4.74 Å². The second-order valence-electron chi connectivity index (χ2n) is 8.65. The zero-order chi connectivity index (χ0) is 19.2. The summed E-state index contributed by atoms with van der Waals surface area (Å²) < 4.78 is 6.56. The monoisotopic (exact) mass is 382 g/mol. The van der Waals surface area contributed by atoms with Crippen LogP contribution in [0.25, 0.3) is 10.8 Å². The number of nitrogens with zero attached hydrogens (tertiary/aromatic N) is 2. The van der Waals surface area contributed by atoms with Crippen molar-refractivity contribution in [1.29, 1.82) is 0 Å². The predicted molar refractivity (Wildman–Crippen MR) is 117 cm³/mol. The molecule has 0 unspecified atom stereocenters. The molecule has 1 saturated carbocycles. The lowest BCUT2D eigenvalue weighted by molar-refractivity contribution is -0.0643. The summed E-state index contributed by atoms with van der Waals surface area (Å²) in [6.45, 7) is 0. The lowest BCUT2D eigenvalue weighted by Gasteiger charge is -2.42. The summed E-state index contributed by atoms with van der Waals surface area (Å²) in [6, 6.07) is 24.1. The summed E-state index contributed by atoms with van der Waals surface area (Å²) >= 11 is 0. The minimum atomic E-state index is 0.0631. The number of rotatable bonds is 2. The molecule has 0 bridgehead atoms. The SMILES string of the molecule is c1ccc2c(c1)O[C@@H](C1CCCCC1)N1N=C(c3ccc4ccccc4c3)C[C@H]21. The first kappa shape index (κ1) is 17.1. The van der Waals surface area contributed by atoms with Gasteiger partial charge in [-0.15, -0.1) is 0 Å². The Kier molecular flexibility index (Phi) is 4.07. The first-order chi connectivity index (χ1) is 14.4. The van der Waals surface area contributed by atoms with Crippen molar-refractivity contribution in [3.8, 4) is 5.75 Å². The second kappa shape index (κ2) is 6.91. The third-order valence-electron chi connectivity index (χ3n) is 6.86. The Morgan fingerprint density at radius 3 is 2.52 bits per heavy atom. The van der Waals surface area contributed by atoms with E-state index < -0.39 is 0 Å². The zero-order valence-electron chi connectivity index (χ0n) is 16.6. The summed E-state index contributed by atoms with van der Waals surface area (Å²) in [5.74, 6) is 1.62. The molecule has 3 heteroatoms. The number of benzene rings is 3. The Bertz CT molecular complexity index is 1080. The normalized spacial score (nSPS) is 24.0. The minimum absolute atomic E-state index is 0.0631. The molecule has 6 rings (SSSR count). The molecule has 0 N–H and O–H groups in total. The van der Waals surface area contributed by atoms with Crippen molar-refractivity contribution in [3.63, 3.8) is 0 Å². The Morgan fingerprint density at radius 1 is 0.828 bits per heavy atom. The number of hydrazone groups is 1. The highest BCUT2D eigenvalue weighted by atomic mass is 16.5. The Balaban J connectivity index is 1.40. The topological polar surface area (TPSA) is 24.8 Å². The molecule has 0 radical (unpaired) electrons. The van der Waals surface area contributed by atoms with Crippen LogP contribution in [0.15, 0.2) is 71.8 Å². The molecule has 3 aromatic carbocycles. The van der Waals surface area contributed by atoms with E-state index in [2.05, 4.69) is 71.7 Å². The van der Waals surface area contributed by atoms with E-state index in [0.29, 0.717) is 5.92 Å². The van der Waals surface area contributed by atoms with Crippen molar-refractivity contribution in [2.45, 2.75) is 50.8 Å². The molecule has 146 valence electrons. The highest BCUT2D eigenvalue weighted by Crippen LogP contribution is 2.46. The lowest BCUT2D eigenvalue weighted by atomic mass is 9.86. The van der Waals surface area contributed by atoms with E-state index in [1.165, 1.54) is 59.7 Å². The van der Waals surface area contributed by atoms with Gasteiger partial charge in [0.1, 0.15) is 5.75 Å². The Morgan fingerprint density at radius 2 is 1.62 bits per heavy atom. The van der Waals surface area contributed by atoms with Crippen LogP contribution in [0.2, 0.25) is 0 Å². The third-order valence-corrected chi connectivity index (χ3v) is 6.86. The van der Waals surface area contributed by atoms with Gasteiger partial charge in [-0.05, 0) is 41.3 Å². The Labute approximate surface area is 172 Å². The van der Waals surface area contributed by atoms with Crippen LogP contribution in [0.3, 0.4) is 0 Å². The quantitative estimate of drug-likeness (QED) is 0.520. The van der Waals surface area contributed by atoms with Gasteiger partial charge in [0.2, 0.25) is 0 Å². The third kappa shape index (κ3) is 2.91. The maximum absolute atomic E-state index is 6.56. The molecule has 1 aliphatic carbocycles. The standard InChI is InChI=1S/C26H26N2O/c1-2-9-19(10-3-1)26-28-24(22-12-6-7-13-25(22)29-26)17-23(27-28)21-15-14-18-8-4-5-11-20(18)16-21/h4-8,11-16,19,24,26H,1-3,9-10,17H2/t24-,26+/m1/s1. The van der Waals surface area contributed by atoms with E-state index in [1.54, 1.807) is 0 Å². The molecule has 0 saturated heterocycles. The maximum Gasteiger partial charge on any atom is 0.190 e. The lowest BCUT2D eigenvalue weighted by Crippen LogP contribution is -2.45. The van der Waals surface area contributed by atoms with E-state index >= 15 is 0 Å². The number of ether oxygens (including phenoxy) is 1. The summed E-state index contributed by atoms with van der Waals surface area (Å²) in [4.78, 5) is 0. The van der Waals surface area contributed by atoms with E-state index in [9.17, 15) is 0 Å². The average molecular weight is 383 g/mol. The molecule has 0 aromatic heterocycles. The fraction of sp³-hybridized carbons (Fsp3) is 0.346. The van der Waals surface area contributed by atoms with Crippen LogP contribution in [0, 0.1) is 5.92 Å². The maximum atomic E-state index is 6.56. The average Bonchev–Trinajstić information content (AvgIpc) is 3.25. The molecule has 29 heavy (non-hydrogen) atoms. The van der Waals surface area contributed by atoms with E-state index in [-0.39, 0.29) is 12.3 Å². The van der Waals surface area contributed by atoms with Crippen molar-refractivity contribution in [3.05, 3.63) is 77.9 Å². The molecular weight excluding hydrogens is 356 g/mol. The van der Waals surface area contributed by atoms with Crippen LogP contribution < -0.4 is 4.74 Å². The van der Waals surface area contributed by atoms with E-state index in [1.807, 2.05) is 0 Å². The van der Waals surface area contributed by atoms with Crippen LogP contribution in [0.4, 0.5) is 0 Å². The summed E-state index contributed by atoms with van der Waals surface area (Å²) in [5, 5.41) is 10.0. The second-order valence-corrected chi connectivity index (χ2v) is 8.65. The minimum Gasteiger partial charge on any atom is -0.468 e. The van der Waals surface area contributed by atoms with Crippen LogP contribution in [0.5, 0.6) is 5.75 Å². The number of hydrogen-bond acceptors (Lipinski definition) is 3. The molecule has 3 nitrogen and oxygen atoms in total. The van der Waals surface area contributed by atoms with Crippen LogP contribution >= 0.6 is 0 Å². The molecule has 1 fully saturated rings. The summed E-state index contributed by atoms with van der Waals surface area (Å²) in [5.41, 5.74) is 3.69. The van der Waals surface area contributed by atoms with E-state index in [4.69, 9.17) is 9.84 Å². The first-order valence-corrected chi connectivity index (χ1v) is 11.0.